The van der Waals surface area contributed by atoms with Gasteiger partial charge >= 0.3 is 0 Å². The number of nitrogens with zero attached hydrogens (tertiary/aromatic N) is 1. The molecule has 0 aliphatic rings. The van der Waals surface area contributed by atoms with Gasteiger partial charge in [-0.05, 0) is 41.5 Å². The summed E-state index contributed by atoms with van der Waals surface area (Å²) in [5, 5.41) is 4.99. The van der Waals surface area contributed by atoms with E-state index in [1.807, 2.05) is 42.5 Å². The van der Waals surface area contributed by atoms with Crippen LogP contribution in [0.25, 0.3) is 10.8 Å². The summed E-state index contributed by atoms with van der Waals surface area (Å²) in [6.45, 7) is 0.427. The molecule has 0 atom stereocenters. The zero-order chi connectivity index (χ0) is 17.6. The molecular formula is C20H20N2O3. The maximum atomic E-state index is 12.3. The average Bonchev–Trinajstić information content (AvgIpc) is 3.18. The molecule has 1 N–H and O–H groups in total. The van der Waals surface area contributed by atoms with Crippen LogP contribution in [0.3, 0.4) is 0 Å². The number of furan rings is 1. The Bertz CT molecular complexity index is 872. The van der Waals surface area contributed by atoms with Crippen LogP contribution in [0, 0.1) is 0 Å². The summed E-state index contributed by atoms with van der Waals surface area (Å²) in [6, 6.07) is 17.3. The molecule has 0 aliphatic carbocycles. The van der Waals surface area contributed by atoms with Crippen molar-refractivity contribution in [2.75, 3.05) is 18.5 Å². The van der Waals surface area contributed by atoms with Crippen molar-refractivity contribution in [2.24, 2.45) is 0 Å². The lowest BCUT2D eigenvalue weighted by Gasteiger charge is -2.18. The predicted molar refractivity (Wildman–Crippen MR) is 97.6 cm³/mol. The van der Waals surface area contributed by atoms with Crippen LogP contribution in [0.15, 0.2) is 65.3 Å². The first-order chi connectivity index (χ1) is 12.1. The van der Waals surface area contributed by atoms with Crippen molar-refractivity contribution in [3.8, 4) is 0 Å². The van der Waals surface area contributed by atoms with E-state index >= 15 is 0 Å². The highest BCUT2D eigenvalue weighted by Gasteiger charge is 2.12. The summed E-state index contributed by atoms with van der Waals surface area (Å²) in [6.07, 6.45) is 2.39. The minimum absolute atomic E-state index is 0.0162. The Morgan fingerprint density at radius 2 is 1.84 bits per heavy atom. The standard InChI is InChI=1S/C20H20N2O3/c1-22(17-11-10-15-6-2-3-7-16(15)14-17)19(23)9-4-12-21-20(24)18-8-5-13-25-18/h2-3,5-8,10-11,13-14H,4,9,12H2,1H3,(H,21,24). The van der Waals surface area contributed by atoms with E-state index in [4.69, 9.17) is 4.42 Å². The largest absolute Gasteiger partial charge is 0.459 e. The number of carbonyl (C=O) groups is 2. The third kappa shape index (κ3) is 4.07. The van der Waals surface area contributed by atoms with Gasteiger partial charge in [0.15, 0.2) is 5.76 Å². The number of benzene rings is 2. The molecule has 0 saturated carbocycles. The van der Waals surface area contributed by atoms with Gasteiger partial charge in [0.25, 0.3) is 5.91 Å². The van der Waals surface area contributed by atoms with Crippen LogP contribution in [-0.2, 0) is 4.79 Å². The van der Waals surface area contributed by atoms with Gasteiger partial charge in [0.1, 0.15) is 0 Å². The fourth-order valence-electron chi connectivity index (χ4n) is 2.63. The van der Waals surface area contributed by atoms with E-state index in [2.05, 4.69) is 5.32 Å². The normalized spacial score (nSPS) is 10.6. The summed E-state index contributed by atoms with van der Waals surface area (Å²) in [7, 11) is 1.77. The number of anilines is 1. The monoisotopic (exact) mass is 336 g/mol. The lowest BCUT2D eigenvalue weighted by Crippen LogP contribution is -2.28. The number of hydrogen-bond donors (Lipinski definition) is 1. The fourth-order valence-corrected chi connectivity index (χ4v) is 2.63. The fraction of sp³-hybridized carbons (Fsp3) is 0.200. The van der Waals surface area contributed by atoms with Crippen molar-refractivity contribution in [1.82, 2.24) is 5.32 Å². The molecule has 0 saturated heterocycles. The van der Waals surface area contributed by atoms with E-state index in [0.717, 1.165) is 16.5 Å². The first-order valence-electron chi connectivity index (χ1n) is 8.22. The van der Waals surface area contributed by atoms with Gasteiger partial charge in [-0.15, -0.1) is 0 Å². The smallest absolute Gasteiger partial charge is 0.286 e. The number of rotatable bonds is 6. The van der Waals surface area contributed by atoms with Crippen molar-refractivity contribution in [1.29, 1.82) is 0 Å². The molecular weight excluding hydrogens is 316 g/mol. The Balaban J connectivity index is 1.51. The number of hydrogen-bond acceptors (Lipinski definition) is 3. The highest BCUT2D eigenvalue weighted by Crippen LogP contribution is 2.21. The number of amides is 2. The summed E-state index contributed by atoms with van der Waals surface area (Å²) in [4.78, 5) is 25.7. The van der Waals surface area contributed by atoms with E-state index in [-0.39, 0.29) is 17.6 Å². The van der Waals surface area contributed by atoms with E-state index in [1.165, 1.54) is 6.26 Å². The van der Waals surface area contributed by atoms with Gasteiger partial charge in [0.05, 0.1) is 6.26 Å². The Kier molecular flexibility index (Phi) is 5.14. The predicted octanol–water partition coefficient (Wildman–Crippen LogP) is 3.61. The van der Waals surface area contributed by atoms with Gasteiger partial charge in [-0.2, -0.15) is 0 Å². The molecule has 0 bridgehead atoms. The molecule has 3 rings (SSSR count). The summed E-state index contributed by atoms with van der Waals surface area (Å²) < 4.78 is 5.02. The second kappa shape index (κ2) is 7.66. The number of fused-ring (bicyclic) bond motifs is 1. The second-order valence-corrected chi connectivity index (χ2v) is 5.82. The maximum Gasteiger partial charge on any atom is 0.286 e. The Morgan fingerprint density at radius 1 is 1.04 bits per heavy atom. The molecule has 0 aliphatic heterocycles. The zero-order valence-corrected chi connectivity index (χ0v) is 14.1. The molecule has 0 spiro atoms. The van der Waals surface area contributed by atoms with Gasteiger partial charge in [0, 0.05) is 25.7 Å². The molecule has 2 amide bonds. The van der Waals surface area contributed by atoms with Gasteiger partial charge in [-0.3, -0.25) is 9.59 Å². The van der Waals surface area contributed by atoms with Crippen molar-refractivity contribution in [2.45, 2.75) is 12.8 Å². The van der Waals surface area contributed by atoms with Gasteiger partial charge in [0.2, 0.25) is 5.91 Å². The van der Waals surface area contributed by atoms with Crippen molar-refractivity contribution in [3.05, 3.63) is 66.6 Å². The maximum absolute atomic E-state index is 12.3. The SMILES string of the molecule is CN(C(=O)CCCNC(=O)c1ccco1)c1ccc2ccccc2c1. The van der Waals surface area contributed by atoms with E-state index in [1.54, 1.807) is 24.1 Å². The molecule has 0 unspecified atom stereocenters. The highest BCUT2D eigenvalue weighted by atomic mass is 16.3. The van der Waals surface area contributed by atoms with Crippen LogP contribution in [0.4, 0.5) is 5.69 Å². The second-order valence-electron chi connectivity index (χ2n) is 5.82. The van der Waals surface area contributed by atoms with E-state index < -0.39 is 0 Å². The topological polar surface area (TPSA) is 62.6 Å². The van der Waals surface area contributed by atoms with E-state index in [9.17, 15) is 9.59 Å². The molecule has 3 aromatic rings. The minimum atomic E-state index is -0.264. The first-order valence-corrected chi connectivity index (χ1v) is 8.22. The third-order valence-corrected chi connectivity index (χ3v) is 4.09. The van der Waals surface area contributed by atoms with Crippen LogP contribution >= 0.6 is 0 Å². The van der Waals surface area contributed by atoms with Crippen LogP contribution in [0.2, 0.25) is 0 Å². The average molecular weight is 336 g/mol. The summed E-state index contributed by atoms with van der Waals surface area (Å²) >= 11 is 0. The van der Waals surface area contributed by atoms with Crippen LogP contribution < -0.4 is 10.2 Å². The number of nitrogens with one attached hydrogen (secondary N) is 1. The molecule has 1 aromatic heterocycles. The number of carbonyl (C=O) groups excluding carboxylic acids is 2. The molecule has 1 heterocycles. The van der Waals surface area contributed by atoms with Gasteiger partial charge < -0.3 is 14.6 Å². The first kappa shape index (κ1) is 16.8. The lowest BCUT2D eigenvalue weighted by molar-refractivity contribution is -0.118. The molecule has 0 fully saturated rings. The van der Waals surface area contributed by atoms with Crippen LogP contribution in [0.5, 0.6) is 0 Å². The molecule has 5 heteroatoms. The van der Waals surface area contributed by atoms with Gasteiger partial charge in [-0.1, -0.05) is 30.3 Å². The molecule has 128 valence electrons. The quantitative estimate of drug-likeness (QED) is 0.700. The zero-order valence-electron chi connectivity index (χ0n) is 14.1. The van der Waals surface area contributed by atoms with Crippen molar-refractivity contribution < 1.29 is 14.0 Å². The van der Waals surface area contributed by atoms with E-state index in [0.29, 0.717) is 19.4 Å². The van der Waals surface area contributed by atoms with Gasteiger partial charge in [-0.25, -0.2) is 0 Å². The molecule has 2 aromatic carbocycles. The van der Waals surface area contributed by atoms with Crippen molar-refractivity contribution in [3.63, 3.8) is 0 Å². The lowest BCUT2D eigenvalue weighted by atomic mass is 10.1. The Hall–Kier alpha value is -3.08. The summed E-state index contributed by atoms with van der Waals surface area (Å²) in [5.74, 6) is 0.0301. The Morgan fingerprint density at radius 3 is 2.60 bits per heavy atom. The van der Waals surface area contributed by atoms with Crippen LogP contribution in [-0.4, -0.2) is 25.4 Å². The molecule has 5 nitrogen and oxygen atoms in total. The van der Waals surface area contributed by atoms with Crippen LogP contribution in [0.1, 0.15) is 23.4 Å². The van der Waals surface area contributed by atoms with Crippen molar-refractivity contribution >= 4 is 28.3 Å². The molecule has 0 radical (unpaired) electrons. The summed E-state index contributed by atoms with van der Waals surface area (Å²) in [5.41, 5.74) is 0.864. The Labute approximate surface area is 146 Å². The molecule has 25 heavy (non-hydrogen) atoms. The third-order valence-electron chi connectivity index (χ3n) is 4.09. The minimum Gasteiger partial charge on any atom is -0.459 e. The highest BCUT2D eigenvalue weighted by molar-refractivity contribution is 5.96.